The molecule has 1 heterocycles. The molecule has 0 spiro atoms. The number of ether oxygens (including phenoxy) is 2. The van der Waals surface area contributed by atoms with Crippen molar-refractivity contribution in [3.8, 4) is 5.75 Å². The zero-order valence-corrected chi connectivity index (χ0v) is 19.2. The fraction of sp³-hybridized carbons (Fsp3) is 0.565. The monoisotopic (exact) mass is 463 g/mol. The predicted molar refractivity (Wildman–Crippen MR) is 121 cm³/mol. The molecule has 9 heteroatoms. The van der Waals surface area contributed by atoms with Gasteiger partial charge in [0.1, 0.15) is 17.7 Å². The van der Waals surface area contributed by atoms with Crippen LogP contribution in [0.25, 0.3) is 0 Å². The number of rotatable bonds is 7. The number of amides is 2. The zero-order chi connectivity index (χ0) is 23.3. The first kappa shape index (κ1) is 24.2. The van der Waals surface area contributed by atoms with Crippen LogP contribution in [0, 0.1) is 11.8 Å². The summed E-state index contributed by atoms with van der Waals surface area (Å²) in [5, 5.41) is 2.93. The Hall–Kier alpha value is -2.45. The van der Waals surface area contributed by atoms with E-state index in [2.05, 4.69) is 10.3 Å². The summed E-state index contributed by atoms with van der Waals surface area (Å²) in [6.07, 6.45) is 6.10. The summed E-state index contributed by atoms with van der Waals surface area (Å²) in [4.78, 5) is 41.1. The van der Waals surface area contributed by atoms with Gasteiger partial charge in [-0.1, -0.05) is 43.9 Å². The van der Waals surface area contributed by atoms with Crippen molar-refractivity contribution in [2.45, 2.75) is 64.5 Å². The molecule has 32 heavy (non-hydrogen) atoms. The second-order valence-corrected chi connectivity index (χ2v) is 8.80. The summed E-state index contributed by atoms with van der Waals surface area (Å²) in [5.41, 5.74) is 6.59. The van der Waals surface area contributed by atoms with E-state index in [0.29, 0.717) is 30.2 Å². The minimum absolute atomic E-state index is 0.153. The van der Waals surface area contributed by atoms with Crippen molar-refractivity contribution in [3.05, 3.63) is 28.8 Å². The minimum atomic E-state index is -0.796. The molecule has 8 nitrogen and oxygen atoms in total. The number of nitrogens with zero attached hydrogens (tertiary/aromatic N) is 1. The third kappa shape index (κ3) is 5.86. The second-order valence-electron chi connectivity index (χ2n) is 8.40. The maximum Gasteiger partial charge on any atom is 0.341 e. The van der Waals surface area contributed by atoms with E-state index in [-0.39, 0.29) is 10.8 Å². The molecule has 0 saturated heterocycles. The largest absolute Gasteiger partial charge is 0.465 e. The topological polar surface area (TPSA) is 120 Å². The summed E-state index contributed by atoms with van der Waals surface area (Å²) in [5.74, 6) is -1.25. The highest BCUT2D eigenvalue weighted by atomic mass is 35.5. The van der Waals surface area contributed by atoms with Crippen molar-refractivity contribution in [1.82, 2.24) is 5.32 Å². The number of carbonyl (C=O) groups is 3. The van der Waals surface area contributed by atoms with Gasteiger partial charge in [0.25, 0.3) is 0 Å². The fourth-order valence-corrected chi connectivity index (χ4v) is 4.35. The number of hydrogen-bond acceptors (Lipinski definition) is 6. The highest BCUT2D eigenvalue weighted by Crippen LogP contribution is 2.34. The number of nitrogens with one attached hydrogen (secondary N) is 1. The molecule has 0 bridgehead atoms. The third-order valence-electron chi connectivity index (χ3n) is 5.92. The predicted octanol–water partition coefficient (Wildman–Crippen LogP) is 3.95. The second kappa shape index (κ2) is 10.9. The van der Waals surface area contributed by atoms with Crippen LogP contribution in [0.4, 0.5) is 4.79 Å². The number of nitrogens with two attached hydrogens (primary N) is 1. The highest BCUT2D eigenvalue weighted by Gasteiger charge is 2.39. The maximum atomic E-state index is 13.1. The lowest BCUT2D eigenvalue weighted by molar-refractivity contribution is -0.148. The van der Waals surface area contributed by atoms with Gasteiger partial charge in [0.15, 0.2) is 0 Å². The fourth-order valence-electron chi connectivity index (χ4n) is 4.13. The van der Waals surface area contributed by atoms with Crippen molar-refractivity contribution >= 4 is 35.3 Å². The smallest absolute Gasteiger partial charge is 0.341 e. The van der Waals surface area contributed by atoms with Crippen LogP contribution in [0.5, 0.6) is 5.75 Å². The quantitative estimate of drug-likeness (QED) is 0.466. The van der Waals surface area contributed by atoms with Crippen LogP contribution in [0.15, 0.2) is 23.2 Å². The number of hydrogen-bond donors (Lipinski definition) is 2. The maximum absolute atomic E-state index is 13.1. The molecule has 1 saturated carbocycles. The third-order valence-corrected chi connectivity index (χ3v) is 6.21. The van der Waals surface area contributed by atoms with E-state index < -0.39 is 36.0 Å². The van der Waals surface area contributed by atoms with Crippen LogP contribution in [0.2, 0.25) is 5.02 Å². The Balaban J connectivity index is 1.81. The molecule has 2 aliphatic rings. The summed E-state index contributed by atoms with van der Waals surface area (Å²) >= 11 is 6.32. The van der Waals surface area contributed by atoms with E-state index >= 15 is 0 Å². The van der Waals surface area contributed by atoms with Crippen LogP contribution in [0.1, 0.15) is 64.0 Å². The summed E-state index contributed by atoms with van der Waals surface area (Å²) < 4.78 is 10.9. The molecule has 3 N–H and O–H groups in total. The molecule has 0 radical (unpaired) electrons. The first-order valence-corrected chi connectivity index (χ1v) is 11.5. The average Bonchev–Trinajstić information content (AvgIpc) is 2.78. The first-order valence-electron chi connectivity index (χ1n) is 11.1. The zero-order valence-electron chi connectivity index (χ0n) is 18.4. The summed E-state index contributed by atoms with van der Waals surface area (Å²) in [7, 11) is 0. The Bertz CT molecular complexity index is 896. The molecular weight excluding hydrogens is 434 g/mol. The molecule has 3 atom stereocenters. The number of esters is 2. The summed E-state index contributed by atoms with van der Waals surface area (Å²) in [6, 6.07) is 2.73. The minimum Gasteiger partial charge on any atom is -0.465 e. The van der Waals surface area contributed by atoms with Crippen molar-refractivity contribution in [2.24, 2.45) is 22.6 Å². The van der Waals surface area contributed by atoms with Crippen molar-refractivity contribution in [2.75, 3.05) is 6.61 Å². The molecule has 1 aromatic rings. The lowest BCUT2D eigenvalue weighted by Gasteiger charge is -2.31. The molecule has 3 rings (SSSR count). The van der Waals surface area contributed by atoms with Gasteiger partial charge in [-0.3, -0.25) is 4.79 Å². The van der Waals surface area contributed by atoms with E-state index in [1.54, 1.807) is 12.1 Å². The van der Waals surface area contributed by atoms with Gasteiger partial charge in [0, 0.05) is 5.71 Å². The SMILES string of the molecule is CCC1=NC(=O)NC(c2ccc(OC(=O)C(C)N)c(Cl)c2)C1C(=O)OCC1CCCCC1. The molecule has 174 valence electrons. The van der Waals surface area contributed by atoms with E-state index in [0.717, 1.165) is 25.7 Å². The standard InChI is InChI=1S/C23H30ClN3O5/c1-3-17-19(22(29)31-12-14-7-5-4-6-8-14)20(27-23(30)26-17)15-9-10-18(16(24)11-15)32-21(28)13(2)25/h9-11,13-14,19-20H,3-8,12,25H2,1-2H3,(H,27,30). The van der Waals surface area contributed by atoms with Crippen LogP contribution in [0.3, 0.4) is 0 Å². The molecule has 1 aliphatic carbocycles. The molecule has 1 aromatic carbocycles. The molecular formula is C23H30ClN3O5. The van der Waals surface area contributed by atoms with Crippen LogP contribution >= 0.6 is 11.6 Å². The Labute approximate surface area is 192 Å². The first-order chi connectivity index (χ1) is 15.3. The lowest BCUT2D eigenvalue weighted by Crippen LogP contribution is -2.45. The number of benzene rings is 1. The normalized spacial score (nSPS) is 22.5. The van der Waals surface area contributed by atoms with Crippen LogP contribution in [-0.4, -0.2) is 36.3 Å². The molecule has 3 unspecified atom stereocenters. The average molecular weight is 464 g/mol. The molecule has 1 fully saturated rings. The van der Waals surface area contributed by atoms with Gasteiger partial charge < -0.3 is 20.5 Å². The number of aliphatic imine (C=N–C) groups is 1. The number of halogens is 1. The van der Waals surface area contributed by atoms with Crippen LogP contribution < -0.4 is 15.8 Å². The van der Waals surface area contributed by atoms with Gasteiger partial charge in [-0.25, -0.2) is 14.6 Å². The number of urea groups is 1. The van der Waals surface area contributed by atoms with Crippen molar-refractivity contribution < 1.29 is 23.9 Å². The lowest BCUT2D eigenvalue weighted by atomic mass is 9.86. The highest BCUT2D eigenvalue weighted by molar-refractivity contribution is 6.32. The van der Waals surface area contributed by atoms with Gasteiger partial charge in [-0.15, -0.1) is 0 Å². The molecule has 1 aliphatic heterocycles. The van der Waals surface area contributed by atoms with Crippen LogP contribution in [-0.2, 0) is 14.3 Å². The van der Waals surface area contributed by atoms with Gasteiger partial charge in [0.05, 0.1) is 17.7 Å². The van der Waals surface area contributed by atoms with Gasteiger partial charge in [-0.05, 0) is 49.8 Å². The number of carbonyl (C=O) groups excluding carboxylic acids is 3. The molecule has 2 amide bonds. The van der Waals surface area contributed by atoms with E-state index in [9.17, 15) is 14.4 Å². The Morgan fingerprint density at radius 1 is 1.28 bits per heavy atom. The summed E-state index contributed by atoms with van der Waals surface area (Å²) in [6.45, 7) is 3.73. The Kier molecular flexibility index (Phi) is 8.26. The van der Waals surface area contributed by atoms with E-state index in [1.165, 1.54) is 19.4 Å². The Morgan fingerprint density at radius 2 is 2.00 bits per heavy atom. The van der Waals surface area contributed by atoms with Gasteiger partial charge in [0.2, 0.25) is 0 Å². The van der Waals surface area contributed by atoms with Crippen molar-refractivity contribution in [1.29, 1.82) is 0 Å². The van der Waals surface area contributed by atoms with E-state index in [4.69, 9.17) is 26.8 Å². The van der Waals surface area contributed by atoms with Gasteiger partial charge in [-0.2, -0.15) is 0 Å². The Morgan fingerprint density at radius 3 is 2.62 bits per heavy atom. The van der Waals surface area contributed by atoms with E-state index in [1.807, 2.05) is 6.92 Å². The van der Waals surface area contributed by atoms with Gasteiger partial charge >= 0.3 is 18.0 Å². The molecule has 0 aromatic heterocycles. The van der Waals surface area contributed by atoms with Crippen molar-refractivity contribution in [3.63, 3.8) is 0 Å².